The van der Waals surface area contributed by atoms with Crippen molar-refractivity contribution in [3.63, 3.8) is 0 Å². The number of aromatic nitrogens is 1. The number of carbonyl (C=O) groups excluding carboxylic acids is 1. The molecular weight excluding hydrogens is 310 g/mol. The zero-order valence-corrected chi connectivity index (χ0v) is 13.0. The molecule has 0 aliphatic heterocycles. The van der Waals surface area contributed by atoms with Crippen molar-refractivity contribution in [3.8, 4) is 0 Å². The van der Waals surface area contributed by atoms with E-state index in [4.69, 9.17) is 0 Å². The van der Waals surface area contributed by atoms with Gasteiger partial charge in [0, 0.05) is 24.5 Å². The summed E-state index contributed by atoms with van der Waals surface area (Å²) in [7, 11) is -3.84. The number of hydrogen-bond donors (Lipinski definition) is 2. The summed E-state index contributed by atoms with van der Waals surface area (Å²) in [5.74, 6) is 0. The smallest absolute Gasteiger partial charge is 0.328 e. The van der Waals surface area contributed by atoms with Gasteiger partial charge in [0.05, 0.1) is 9.90 Å². The fourth-order valence-electron chi connectivity index (χ4n) is 1.59. The van der Waals surface area contributed by atoms with Gasteiger partial charge in [0.1, 0.15) is 0 Å². The van der Waals surface area contributed by atoms with Gasteiger partial charge in [-0.25, -0.2) is 22.9 Å². The predicted octanol–water partition coefficient (Wildman–Crippen LogP) is 1.68. The number of amides is 2. The van der Waals surface area contributed by atoms with E-state index in [1.54, 1.807) is 18.3 Å². The summed E-state index contributed by atoms with van der Waals surface area (Å²) < 4.78 is 25.9. The van der Waals surface area contributed by atoms with Gasteiger partial charge in [-0.3, -0.25) is 0 Å². The third-order valence-corrected chi connectivity index (χ3v) is 4.85. The number of hydrogen-bond acceptors (Lipinski definition) is 5. The number of thiazole rings is 1. The van der Waals surface area contributed by atoms with E-state index in [9.17, 15) is 13.2 Å². The highest BCUT2D eigenvalue weighted by Gasteiger charge is 2.16. The third-order valence-electron chi connectivity index (χ3n) is 2.67. The van der Waals surface area contributed by atoms with E-state index in [1.165, 1.54) is 23.5 Å². The lowest BCUT2D eigenvalue weighted by atomic mass is 10.2. The maximum absolute atomic E-state index is 12.0. The molecule has 21 heavy (non-hydrogen) atoms. The molecule has 2 aromatic rings. The molecule has 2 amide bonds. The summed E-state index contributed by atoms with van der Waals surface area (Å²) in [6, 6.07) is 5.53. The standard InChI is InChI=1S/C13H15N3O3S2/c1-10-2-4-11(5-3-10)21(18,19)16-13(17)15-7-6-12-14-8-9-20-12/h2-5,8-9H,6-7H2,1H3,(H2,15,16,17). The van der Waals surface area contributed by atoms with Crippen LogP contribution in [0.4, 0.5) is 4.79 Å². The molecule has 1 aromatic carbocycles. The first-order chi connectivity index (χ1) is 9.97. The molecule has 0 fully saturated rings. The lowest BCUT2D eigenvalue weighted by molar-refractivity contribution is 0.246. The molecule has 0 unspecified atom stereocenters. The molecule has 0 aliphatic carbocycles. The lowest BCUT2D eigenvalue weighted by Gasteiger charge is -2.08. The van der Waals surface area contributed by atoms with Gasteiger partial charge in [0.15, 0.2) is 0 Å². The van der Waals surface area contributed by atoms with Crippen LogP contribution in [0.3, 0.4) is 0 Å². The molecule has 0 saturated heterocycles. The maximum atomic E-state index is 12.0. The van der Waals surface area contributed by atoms with Crippen LogP contribution < -0.4 is 10.0 Å². The van der Waals surface area contributed by atoms with E-state index in [2.05, 4.69) is 10.3 Å². The molecule has 0 aliphatic rings. The van der Waals surface area contributed by atoms with Crippen molar-refractivity contribution in [1.29, 1.82) is 0 Å². The van der Waals surface area contributed by atoms with Crippen LogP contribution in [0.2, 0.25) is 0 Å². The third kappa shape index (κ3) is 4.54. The number of benzene rings is 1. The van der Waals surface area contributed by atoms with Crippen LogP contribution in [0.25, 0.3) is 0 Å². The van der Waals surface area contributed by atoms with E-state index >= 15 is 0 Å². The number of rotatable bonds is 5. The number of carbonyl (C=O) groups is 1. The highest BCUT2D eigenvalue weighted by Crippen LogP contribution is 2.09. The Labute approximate surface area is 127 Å². The fraction of sp³-hybridized carbons (Fsp3) is 0.231. The average molecular weight is 325 g/mol. The van der Waals surface area contributed by atoms with Gasteiger partial charge < -0.3 is 5.32 Å². The van der Waals surface area contributed by atoms with Crippen molar-refractivity contribution in [1.82, 2.24) is 15.0 Å². The number of nitrogens with one attached hydrogen (secondary N) is 2. The molecule has 1 heterocycles. The Morgan fingerprint density at radius 2 is 2.00 bits per heavy atom. The second-order valence-corrected chi connectivity index (χ2v) is 7.01. The molecule has 0 saturated carbocycles. The van der Waals surface area contributed by atoms with Gasteiger partial charge in [-0.05, 0) is 19.1 Å². The van der Waals surface area contributed by atoms with Crippen LogP contribution in [0, 0.1) is 6.92 Å². The highest BCUT2D eigenvalue weighted by molar-refractivity contribution is 7.90. The van der Waals surface area contributed by atoms with E-state index in [-0.39, 0.29) is 4.90 Å². The molecule has 2 rings (SSSR count). The molecule has 1 aromatic heterocycles. The quantitative estimate of drug-likeness (QED) is 0.875. The highest BCUT2D eigenvalue weighted by atomic mass is 32.2. The van der Waals surface area contributed by atoms with Crippen LogP contribution in [0.15, 0.2) is 40.7 Å². The van der Waals surface area contributed by atoms with Gasteiger partial charge in [0.25, 0.3) is 10.0 Å². The summed E-state index contributed by atoms with van der Waals surface area (Å²) in [5, 5.41) is 5.23. The molecule has 112 valence electrons. The monoisotopic (exact) mass is 325 g/mol. The molecule has 0 spiro atoms. The fourth-order valence-corrected chi connectivity index (χ4v) is 3.14. The van der Waals surface area contributed by atoms with Gasteiger partial charge in [-0.2, -0.15) is 0 Å². The van der Waals surface area contributed by atoms with E-state index < -0.39 is 16.1 Å². The number of nitrogens with zero attached hydrogens (tertiary/aromatic N) is 1. The van der Waals surface area contributed by atoms with E-state index in [0.29, 0.717) is 13.0 Å². The van der Waals surface area contributed by atoms with Gasteiger partial charge in [-0.15, -0.1) is 11.3 Å². The summed E-state index contributed by atoms with van der Waals surface area (Å²) in [6.07, 6.45) is 2.25. The van der Waals surface area contributed by atoms with E-state index in [1.807, 2.05) is 17.0 Å². The number of sulfonamides is 1. The Hall–Kier alpha value is -1.93. The van der Waals surface area contributed by atoms with Crippen molar-refractivity contribution in [2.45, 2.75) is 18.2 Å². The Morgan fingerprint density at radius 3 is 2.62 bits per heavy atom. The van der Waals surface area contributed by atoms with Crippen molar-refractivity contribution < 1.29 is 13.2 Å². The first-order valence-corrected chi connectivity index (χ1v) is 8.59. The minimum atomic E-state index is -3.84. The number of urea groups is 1. The minimum absolute atomic E-state index is 0.0585. The molecule has 6 nitrogen and oxygen atoms in total. The topological polar surface area (TPSA) is 88.2 Å². The normalized spacial score (nSPS) is 11.1. The van der Waals surface area contributed by atoms with Crippen LogP contribution >= 0.6 is 11.3 Å². The Balaban J connectivity index is 1.87. The first kappa shape index (κ1) is 15.5. The Bertz CT molecular complexity index is 695. The van der Waals surface area contributed by atoms with Gasteiger partial charge in [0.2, 0.25) is 0 Å². The molecule has 0 radical (unpaired) electrons. The molecule has 8 heteroatoms. The van der Waals surface area contributed by atoms with E-state index in [0.717, 1.165) is 10.6 Å². The lowest BCUT2D eigenvalue weighted by Crippen LogP contribution is -2.40. The summed E-state index contributed by atoms with van der Waals surface area (Å²) >= 11 is 1.48. The summed E-state index contributed by atoms with van der Waals surface area (Å²) in [6.45, 7) is 2.18. The summed E-state index contributed by atoms with van der Waals surface area (Å²) in [4.78, 5) is 15.7. The molecular formula is C13H15N3O3S2. The molecule has 0 atom stereocenters. The average Bonchev–Trinajstić information content (AvgIpc) is 2.92. The van der Waals surface area contributed by atoms with Crippen LogP contribution in [0.1, 0.15) is 10.6 Å². The zero-order chi connectivity index (χ0) is 15.3. The zero-order valence-electron chi connectivity index (χ0n) is 11.4. The predicted molar refractivity (Wildman–Crippen MR) is 80.7 cm³/mol. The van der Waals surface area contributed by atoms with Gasteiger partial charge in [-0.1, -0.05) is 17.7 Å². The Morgan fingerprint density at radius 1 is 1.29 bits per heavy atom. The van der Waals surface area contributed by atoms with Crippen molar-refractivity contribution in [3.05, 3.63) is 46.4 Å². The van der Waals surface area contributed by atoms with Crippen molar-refractivity contribution in [2.24, 2.45) is 0 Å². The molecule has 0 bridgehead atoms. The van der Waals surface area contributed by atoms with Gasteiger partial charge >= 0.3 is 6.03 Å². The first-order valence-electron chi connectivity index (χ1n) is 6.23. The molecule has 2 N–H and O–H groups in total. The maximum Gasteiger partial charge on any atom is 0.328 e. The second-order valence-electron chi connectivity index (χ2n) is 4.35. The SMILES string of the molecule is Cc1ccc(S(=O)(=O)NC(=O)NCCc2nccs2)cc1. The van der Waals surface area contributed by atoms with Crippen LogP contribution in [0.5, 0.6) is 0 Å². The largest absolute Gasteiger partial charge is 0.337 e. The Kier molecular flexibility index (Phi) is 4.92. The van der Waals surface area contributed by atoms with Crippen LogP contribution in [-0.2, 0) is 16.4 Å². The van der Waals surface area contributed by atoms with Crippen LogP contribution in [-0.4, -0.2) is 26.0 Å². The van der Waals surface area contributed by atoms with Crippen molar-refractivity contribution in [2.75, 3.05) is 6.54 Å². The summed E-state index contributed by atoms with van der Waals surface area (Å²) in [5.41, 5.74) is 0.946. The second kappa shape index (κ2) is 6.68. The number of aryl methyl sites for hydroxylation is 1. The van der Waals surface area contributed by atoms with Crippen molar-refractivity contribution >= 4 is 27.4 Å². The minimum Gasteiger partial charge on any atom is -0.337 e.